The predicted molar refractivity (Wildman–Crippen MR) is 35.0 cm³/mol. The minimum atomic E-state index is -5.00. The first-order valence-electron chi connectivity index (χ1n) is 3.20. The maximum absolute atomic E-state index is 11.6. The van der Waals surface area contributed by atoms with Crippen LogP contribution in [0.15, 0.2) is 6.20 Å². The van der Waals surface area contributed by atoms with Crippen molar-refractivity contribution in [3.8, 4) is 6.01 Å². The van der Waals surface area contributed by atoms with Crippen LogP contribution >= 0.6 is 0 Å². The third kappa shape index (κ3) is 2.46. The fourth-order valence-electron chi connectivity index (χ4n) is 0.586. The van der Waals surface area contributed by atoms with Crippen LogP contribution < -0.4 is 4.74 Å². The van der Waals surface area contributed by atoms with E-state index in [9.17, 15) is 18.0 Å². The number of hydrogen-bond acceptors (Lipinski definition) is 3. The summed E-state index contributed by atoms with van der Waals surface area (Å²) in [7, 11) is 0. The van der Waals surface area contributed by atoms with Gasteiger partial charge in [-0.3, -0.25) is 0 Å². The van der Waals surface area contributed by atoms with Crippen LogP contribution in [0.25, 0.3) is 0 Å². The molecule has 72 valence electrons. The molecule has 1 aromatic heterocycles. The van der Waals surface area contributed by atoms with Gasteiger partial charge in [-0.15, -0.1) is 0 Å². The predicted octanol–water partition coefficient (Wildman–Crippen LogP) is 1.19. The summed E-state index contributed by atoms with van der Waals surface area (Å²) >= 11 is 0. The molecule has 0 aliphatic carbocycles. The fourth-order valence-corrected chi connectivity index (χ4v) is 0.586. The summed E-state index contributed by atoms with van der Waals surface area (Å²) < 4.78 is 38.7. The standard InChI is InChI=1S/C6H5F3N2O2/c1-3-2-10-5(11-3)13-4(12)6(7,8)9/h2H,1H3,(H,10,11). The van der Waals surface area contributed by atoms with Crippen molar-refractivity contribution in [2.75, 3.05) is 0 Å². The Morgan fingerprint density at radius 2 is 2.23 bits per heavy atom. The van der Waals surface area contributed by atoms with E-state index in [2.05, 4.69) is 14.7 Å². The highest BCUT2D eigenvalue weighted by Crippen LogP contribution is 2.17. The molecule has 0 radical (unpaired) electrons. The van der Waals surface area contributed by atoms with Crippen LogP contribution in [0.2, 0.25) is 0 Å². The number of hydrogen-bond donors (Lipinski definition) is 1. The summed E-state index contributed by atoms with van der Waals surface area (Å²) in [4.78, 5) is 15.9. The molecule has 0 saturated heterocycles. The van der Waals surface area contributed by atoms with Crippen molar-refractivity contribution in [2.24, 2.45) is 0 Å². The third-order valence-corrected chi connectivity index (χ3v) is 1.10. The van der Waals surface area contributed by atoms with Gasteiger partial charge in [-0.2, -0.15) is 13.2 Å². The zero-order valence-electron chi connectivity index (χ0n) is 6.47. The first kappa shape index (κ1) is 9.56. The molecular formula is C6H5F3N2O2. The molecule has 0 atom stereocenters. The van der Waals surface area contributed by atoms with Crippen LogP contribution in [0.3, 0.4) is 0 Å². The van der Waals surface area contributed by atoms with Gasteiger partial charge in [0.05, 0.1) is 6.20 Å². The maximum Gasteiger partial charge on any atom is 0.491 e. The van der Waals surface area contributed by atoms with Crippen LogP contribution in [0, 0.1) is 6.92 Å². The number of aromatic nitrogens is 2. The number of aromatic amines is 1. The van der Waals surface area contributed by atoms with Crippen LogP contribution in [0.4, 0.5) is 13.2 Å². The zero-order valence-corrected chi connectivity index (χ0v) is 6.47. The molecule has 0 aliphatic heterocycles. The van der Waals surface area contributed by atoms with Crippen molar-refractivity contribution < 1.29 is 22.7 Å². The second-order valence-corrected chi connectivity index (χ2v) is 2.26. The Balaban J connectivity index is 2.65. The topological polar surface area (TPSA) is 55.0 Å². The van der Waals surface area contributed by atoms with Gasteiger partial charge < -0.3 is 9.72 Å². The van der Waals surface area contributed by atoms with E-state index >= 15 is 0 Å². The first-order valence-corrected chi connectivity index (χ1v) is 3.20. The van der Waals surface area contributed by atoms with Gasteiger partial charge in [-0.25, -0.2) is 9.78 Å². The van der Waals surface area contributed by atoms with Gasteiger partial charge in [0, 0.05) is 5.69 Å². The van der Waals surface area contributed by atoms with E-state index in [0.717, 1.165) is 0 Å². The van der Waals surface area contributed by atoms with E-state index in [1.807, 2.05) is 0 Å². The van der Waals surface area contributed by atoms with E-state index in [0.29, 0.717) is 5.69 Å². The van der Waals surface area contributed by atoms with Crippen LogP contribution in [0.5, 0.6) is 6.01 Å². The molecule has 13 heavy (non-hydrogen) atoms. The van der Waals surface area contributed by atoms with Gasteiger partial charge in [0.15, 0.2) is 0 Å². The molecule has 0 saturated carbocycles. The van der Waals surface area contributed by atoms with Crippen molar-refractivity contribution in [1.82, 2.24) is 9.97 Å². The van der Waals surface area contributed by atoms with Crippen LogP contribution in [0.1, 0.15) is 5.69 Å². The van der Waals surface area contributed by atoms with Crippen molar-refractivity contribution >= 4 is 5.97 Å². The molecule has 4 nitrogen and oxygen atoms in total. The number of rotatable bonds is 1. The lowest BCUT2D eigenvalue weighted by atomic mass is 10.6. The summed E-state index contributed by atoms with van der Waals surface area (Å²) in [5, 5.41) is 0. The highest BCUT2D eigenvalue weighted by atomic mass is 19.4. The van der Waals surface area contributed by atoms with E-state index < -0.39 is 18.2 Å². The summed E-state index contributed by atoms with van der Waals surface area (Å²) in [6.45, 7) is 1.57. The molecule has 1 rings (SSSR count). The van der Waals surface area contributed by atoms with Gasteiger partial charge in [0.1, 0.15) is 0 Å². The Labute approximate surface area is 70.7 Å². The lowest BCUT2D eigenvalue weighted by Crippen LogP contribution is -2.28. The fraction of sp³-hybridized carbons (Fsp3) is 0.333. The number of nitrogens with zero attached hydrogens (tertiary/aromatic N) is 1. The van der Waals surface area contributed by atoms with Gasteiger partial charge >= 0.3 is 18.2 Å². The van der Waals surface area contributed by atoms with Crippen molar-refractivity contribution in [2.45, 2.75) is 13.1 Å². The number of H-pyrrole nitrogens is 1. The van der Waals surface area contributed by atoms with E-state index in [1.54, 1.807) is 6.92 Å². The van der Waals surface area contributed by atoms with E-state index in [1.165, 1.54) is 6.20 Å². The monoisotopic (exact) mass is 194 g/mol. The van der Waals surface area contributed by atoms with Crippen molar-refractivity contribution in [3.05, 3.63) is 11.9 Å². The molecule has 1 N–H and O–H groups in total. The highest BCUT2D eigenvalue weighted by molar-refractivity contribution is 5.77. The minimum Gasteiger partial charge on any atom is -0.385 e. The van der Waals surface area contributed by atoms with E-state index in [-0.39, 0.29) is 0 Å². The van der Waals surface area contributed by atoms with Crippen molar-refractivity contribution in [3.63, 3.8) is 0 Å². The van der Waals surface area contributed by atoms with Crippen LogP contribution in [-0.2, 0) is 4.79 Å². The number of aryl methyl sites for hydroxylation is 1. The molecule has 7 heteroatoms. The average molecular weight is 194 g/mol. The summed E-state index contributed by atoms with van der Waals surface area (Å²) in [6, 6.07) is -0.458. The Morgan fingerprint density at radius 1 is 1.62 bits per heavy atom. The zero-order chi connectivity index (χ0) is 10.1. The summed E-state index contributed by atoms with van der Waals surface area (Å²) in [6.07, 6.45) is -3.75. The molecule has 0 bridgehead atoms. The average Bonchev–Trinajstić information content (AvgIpc) is 2.33. The van der Waals surface area contributed by atoms with E-state index in [4.69, 9.17) is 0 Å². The van der Waals surface area contributed by atoms with Gasteiger partial charge in [-0.05, 0) is 6.92 Å². The molecule has 1 heterocycles. The second kappa shape index (κ2) is 3.08. The van der Waals surface area contributed by atoms with Gasteiger partial charge in [0.25, 0.3) is 0 Å². The molecule has 1 aromatic rings. The number of carbonyl (C=O) groups is 1. The SMILES string of the molecule is Cc1cnc(OC(=O)C(F)(F)F)[nH]1. The van der Waals surface area contributed by atoms with Crippen LogP contribution in [-0.4, -0.2) is 22.1 Å². The number of imidazole rings is 1. The molecule has 0 spiro atoms. The Morgan fingerprint density at radius 3 is 2.62 bits per heavy atom. The smallest absolute Gasteiger partial charge is 0.385 e. The molecule has 0 aliphatic rings. The molecule has 0 fully saturated rings. The van der Waals surface area contributed by atoms with Crippen molar-refractivity contribution in [1.29, 1.82) is 0 Å². The normalized spacial score (nSPS) is 11.4. The number of esters is 1. The maximum atomic E-state index is 11.6. The number of ether oxygens (including phenoxy) is 1. The molecule has 0 amide bonds. The number of nitrogens with one attached hydrogen (secondary N) is 1. The Hall–Kier alpha value is -1.53. The molecule has 0 aromatic carbocycles. The number of halogens is 3. The largest absolute Gasteiger partial charge is 0.491 e. The first-order chi connectivity index (χ1) is 5.89. The Kier molecular flexibility index (Phi) is 2.26. The molecular weight excluding hydrogens is 189 g/mol. The summed E-state index contributed by atoms with van der Waals surface area (Å²) in [5.41, 5.74) is 0.505. The van der Waals surface area contributed by atoms with Gasteiger partial charge in [-0.1, -0.05) is 0 Å². The quantitative estimate of drug-likeness (QED) is 0.683. The third-order valence-electron chi connectivity index (χ3n) is 1.10. The lowest BCUT2D eigenvalue weighted by Gasteiger charge is -2.02. The number of carbonyl (C=O) groups excluding carboxylic acids is 1. The lowest BCUT2D eigenvalue weighted by molar-refractivity contribution is -0.190. The summed E-state index contributed by atoms with van der Waals surface area (Å²) in [5.74, 6) is -2.29. The minimum absolute atomic E-state index is 0.458. The second-order valence-electron chi connectivity index (χ2n) is 2.26. The number of alkyl halides is 3. The molecule has 0 unspecified atom stereocenters. The van der Waals surface area contributed by atoms with Gasteiger partial charge in [0.2, 0.25) is 0 Å². The Bertz CT molecular complexity index is 318. The highest BCUT2D eigenvalue weighted by Gasteiger charge is 2.41.